The van der Waals surface area contributed by atoms with Crippen molar-refractivity contribution in [2.24, 2.45) is 0 Å². The fourth-order valence-electron chi connectivity index (χ4n) is 3.92. The van der Waals surface area contributed by atoms with Crippen LogP contribution in [0.15, 0.2) is 56.9 Å². The number of nitriles is 1. The van der Waals surface area contributed by atoms with Crippen LogP contribution < -0.4 is 11.2 Å². The summed E-state index contributed by atoms with van der Waals surface area (Å²) in [6.45, 7) is 0. The third-order valence-electron chi connectivity index (χ3n) is 5.46. The van der Waals surface area contributed by atoms with Crippen LogP contribution in [0.3, 0.4) is 0 Å². The number of benzene rings is 2. The van der Waals surface area contributed by atoms with Gasteiger partial charge in [-0.25, -0.2) is 9.59 Å². The number of carboxylic acid groups (broad SMARTS) is 1. The number of aromatic amines is 1. The molecule has 0 fully saturated rings. The van der Waals surface area contributed by atoms with Gasteiger partial charge in [-0.05, 0) is 53.8 Å². The molecule has 1 aliphatic rings. The standard InChI is InChI=1S/C21H16N4O5S/c1-31(30)15-5-2-13(3-6-15)21(11-22)9-8-12-10-14(4-7-16(12)21)25-20(29)23-18(26)17(24-25)19(27)28/h2-7,10H,8-9H2,1H3,(H,27,28)(H,23,26,29). The Morgan fingerprint density at radius 2 is 1.97 bits per heavy atom. The van der Waals surface area contributed by atoms with Crippen LogP contribution in [-0.4, -0.2) is 36.3 Å². The average molecular weight is 436 g/mol. The SMILES string of the molecule is CS(=O)c1ccc(C2(C#N)CCc3cc(-n4nc(C(=O)O)c(=O)[nH]c4=O)ccc32)cc1. The van der Waals surface area contributed by atoms with E-state index in [1.165, 1.54) is 0 Å². The summed E-state index contributed by atoms with van der Waals surface area (Å²) in [6.07, 6.45) is 2.66. The van der Waals surface area contributed by atoms with Gasteiger partial charge in [0.05, 0.1) is 11.8 Å². The van der Waals surface area contributed by atoms with E-state index >= 15 is 0 Å². The zero-order valence-corrected chi connectivity index (χ0v) is 17.1. The number of nitrogens with zero attached hydrogens (tertiary/aromatic N) is 3. The second-order valence-electron chi connectivity index (χ2n) is 7.16. The van der Waals surface area contributed by atoms with Crippen LogP contribution in [-0.2, 0) is 22.6 Å². The maximum atomic E-state index is 12.2. The second kappa shape index (κ2) is 7.45. The van der Waals surface area contributed by atoms with Gasteiger partial charge < -0.3 is 5.11 Å². The molecule has 1 heterocycles. The van der Waals surface area contributed by atoms with Crippen LogP contribution in [0.1, 0.15) is 33.6 Å². The highest BCUT2D eigenvalue weighted by Crippen LogP contribution is 2.44. The fourth-order valence-corrected chi connectivity index (χ4v) is 4.44. The van der Waals surface area contributed by atoms with E-state index in [0.717, 1.165) is 21.4 Å². The molecule has 2 aromatic carbocycles. The summed E-state index contributed by atoms with van der Waals surface area (Å²) in [4.78, 5) is 37.6. The molecule has 1 aliphatic carbocycles. The van der Waals surface area contributed by atoms with Gasteiger partial charge in [-0.15, -0.1) is 0 Å². The first-order valence-electron chi connectivity index (χ1n) is 9.23. The Morgan fingerprint density at radius 1 is 1.26 bits per heavy atom. The van der Waals surface area contributed by atoms with E-state index in [1.807, 2.05) is 4.98 Å². The third kappa shape index (κ3) is 3.29. The van der Waals surface area contributed by atoms with Crippen molar-refractivity contribution in [2.45, 2.75) is 23.2 Å². The van der Waals surface area contributed by atoms with E-state index in [-0.39, 0.29) is 5.69 Å². The predicted molar refractivity (Wildman–Crippen MR) is 111 cm³/mol. The minimum Gasteiger partial charge on any atom is -0.476 e. The zero-order chi connectivity index (χ0) is 22.3. The maximum Gasteiger partial charge on any atom is 0.362 e. The molecule has 0 radical (unpaired) electrons. The van der Waals surface area contributed by atoms with Gasteiger partial charge in [0.25, 0.3) is 5.56 Å². The largest absolute Gasteiger partial charge is 0.476 e. The van der Waals surface area contributed by atoms with Gasteiger partial charge in [0.15, 0.2) is 0 Å². The van der Waals surface area contributed by atoms with Crippen LogP contribution >= 0.6 is 0 Å². The highest BCUT2D eigenvalue weighted by molar-refractivity contribution is 7.84. The Kier molecular flexibility index (Phi) is 4.91. The van der Waals surface area contributed by atoms with Crippen molar-refractivity contribution in [1.29, 1.82) is 5.26 Å². The number of aromatic nitrogens is 3. The molecule has 2 unspecified atom stereocenters. The molecular formula is C21H16N4O5S. The number of hydrogen-bond acceptors (Lipinski definition) is 6. The zero-order valence-electron chi connectivity index (χ0n) is 16.3. The molecule has 0 aliphatic heterocycles. The minimum absolute atomic E-state index is 0.285. The molecule has 0 saturated heterocycles. The molecule has 0 amide bonds. The van der Waals surface area contributed by atoms with Gasteiger partial charge in [0, 0.05) is 22.0 Å². The molecule has 0 saturated carbocycles. The molecule has 10 heteroatoms. The van der Waals surface area contributed by atoms with Crippen LogP contribution in [0, 0.1) is 11.3 Å². The summed E-state index contributed by atoms with van der Waals surface area (Å²) in [5.41, 5.74) is -0.954. The van der Waals surface area contributed by atoms with E-state index in [4.69, 9.17) is 5.11 Å². The average Bonchev–Trinajstić information content (AvgIpc) is 3.12. The van der Waals surface area contributed by atoms with E-state index in [1.54, 1.807) is 48.7 Å². The summed E-state index contributed by atoms with van der Waals surface area (Å²) in [6, 6.07) is 14.5. The first-order valence-corrected chi connectivity index (χ1v) is 10.8. The van der Waals surface area contributed by atoms with E-state index in [9.17, 15) is 23.9 Å². The van der Waals surface area contributed by atoms with Crippen molar-refractivity contribution in [2.75, 3.05) is 6.26 Å². The lowest BCUT2D eigenvalue weighted by molar-refractivity contribution is 0.0685. The quantitative estimate of drug-likeness (QED) is 0.623. The number of hydrogen-bond donors (Lipinski definition) is 2. The summed E-state index contributed by atoms with van der Waals surface area (Å²) in [7, 11) is -1.12. The number of carbonyl (C=O) groups is 1. The molecule has 3 aromatic rings. The van der Waals surface area contributed by atoms with E-state index in [2.05, 4.69) is 11.2 Å². The van der Waals surface area contributed by atoms with Crippen LogP contribution in [0.2, 0.25) is 0 Å². The van der Waals surface area contributed by atoms with Gasteiger partial charge in [-0.2, -0.15) is 15.0 Å². The lowest BCUT2D eigenvalue weighted by Crippen LogP contribution is -2.35. The molecule has 4 rings (SSSR count). The highest BCUT2D eigenvalue weighted by atomic mass is 32.2. The normalized spacial score (nSPS) is 18.2. The second-order valence-corrected chi connectivity index (χ2v) is 8.54. The summed E-state index contributed by atoms with van der Waals surface area (Å²) in [5.74, 6) is -1.55. The van der Waals surface area contributed by atoms with Crippen molar-refractivity contribution >= 4 is 16.8 Å². The molecule has 1 aromatic heterocycles. The van der Waals surface area contributed by atoms with Crippen molar-refractivity contribution in [3.05, 3.63) is 85.7 Å². The van der Waals surface area contributed by atoms with E-state index < -0.39 is 39.1 Å². The van der Waals surface area contributed by atoms with Crippen molar-refractivity contribution in [1.82, 2.24) is 14.8 Å². The number of aromatic carboxylic acids is 1. The number of fused-ring (bicyclic) bond motifs is 1. The minimum atomic E-state index is -1.55. The molecule has 0 spiro atoms. The highest BCUT2D eigenvalue weighted by Gasteiger charge is 2.41. The Bertz CT molecular complexity index is 1400. The summed E-state index contributed by atoms with van der Waals surface area (Å²) in [5, 5.41) is 22.9. The Morgan fingerprint density at radius 3 is 2.58 bits per heavy atom. The Balaban J connectivity index is 1.81. The monoisotopic (exact) mass is 436 g/mol. The number of carboxylic acids is 1. The van der Waals surface area contributed by atoms with Gasteiger partial charge in [-0.1, -0.05) is 18.2 Å². The van der Waals surface area contributed by atoms with Gasteiger partial charge in [0.2, 0.25) is 5.69 Å². The van der Waals surface area contributed by atoms with Crippen LogP contribution in [0.4, 0.5) is 0 Å². The van der Waals surface area contributed by atoms with Crippen LogP contribution in [0.5, 0.6) is 0 Å². The maximum absolute atomic E-state index is 12.2. The molecule has 0 bridgehead atoms. The molecular weight excluding hydrogens is 420 g/mol. The molecule has 9 nitrogen and oxygen atoms in total. The molecule has 156 valence electrons. The van der Waals surface area contributed by atoms with Crippen LogP contribution in [0.25, 0.3) is 5.69 Å². The fraction of sp³-hybridized carbons (Fsp3) is 0.190. The number of H-pyrrole nitrogens is 1. The number of rotatable bonds is 4. The Hall–Kier alpha value is -3.84. The summed E-state index contributed by atoms with van der Waals surface area (Å²) < 4.78 is 12.5. The molecule has 2 atom stereocenters. The Labute approximate surface area is 178 Å². The van der Waals surface area contributed by atoms with Gasteiger partial charge in [0.1, 0.15) is 5.41 Å². The van der Waals surface area contributed by atoms with Crippen molar-refractivity contribution < 1.29 is 14.1 Å². The third-order valence-corrected chi connectivity index (χ3v) is 6.40. The summed E-state index contributed by atoms with van der Waals surface area (Å²) >= 11 is 0. The van der Waals surface area contributed by atoms with Gasteiger partial charge >= 0.3 is 11.7 Å². The number of aryl methyl sites for hydroxylation is 1. The van der Waals surface area contributed by atoms with Crippen molar-refractivity contribution in [3.8, 4) is 11.8 Å². The topological polar surface area (TPSA) is 146 Å². The lowest BCUT2D eigenvalue weighted by atomic mass is 9.77. The van der Waals surface area contributed by atoms with Crippen molar-refractivity contribution in [3.63, 3.8) is 0 Å². The lowest BCUT2D eigenvalue weighted by Gasteiger charge is -2.23. The molecule has 31 heavy (non-hydrogen) atoms. The number of nitrogens with one attached hydrogen (secondary N) is 1. The molecule has 2 N–H and O–H groups in total. The van der Waals surface area contributed by atoms with Gasteiger partial charge in [-0.3, -0.25) is 14.0 Å². The smallest absolute Gasteiger partial charge is 0.362 e. The van der Waals surface area contributed by atoms with E-state index in [0.29, 0.717) is 17.7 Å². The first-order chi connectivity index (χ1) is 14.8. The predicted octanol–water partition coefficient (Wildman–Crippen LogP) is 1.11. The first kappa shape index (κ1) is 20.4.